The first-order chi connectivity index (χ1) is 4.97. The van der Waals surface area contributed by atoms with E-state index in [0.717, 1.165) is 10.6 Å². The van der Waals surface area contributed by atoms with Crippen molar-refractivity contribution in [1.82, 2.24) is 5.10 Å². The van der Waals surface area contributed by atoms with Crippen molar-refractivity contribution < 1.29 is 0 Å². The second kappa shape index (κ2) is 2.06. The van der Waals surface area contributed by atoms with E-state index in [-0.39, 0.29) is 0 Å². The number of benzene rings is 1. The molecule has 47 valence electrons. The van der Waals surface area contributed by atoms with Gasteiger partial charge in [0.15, 0.2) is 0 Å². The van der Waals surface area contributed by atoms with Crippen molar-refractivity contribution in [2.45, 2.75) is 0 Å². The lowest BCUT2D eigenvalue weighted by Crippen LogP contribution is -2.27. The van der Waals surface area contributed by atoms with Gasteiger partial charge < -0.3 is 0 Å². The van der Waals surface area contributed by atoms with Gasteiger partial charge in [-0.15, -0.1) is 0 Å². The van der Waals surface area contributed by atoms with E-state index in [1.165, 1.54) is 0 Å². The smallest absolute Gasteiger partial charge is 0.0615 e. The molecule has 0 amide bonds. The molecule has 0 spiro atoms. The first-order valence-corrected chi connectivity index (χ1v) is 3.13. The van der Waals surface area contributed by atoms with Crippen molar-refractivity contribution >= 4 is 12.3 Å². The SMILES string of the molecule is C1=[N+]N=c2ccccc2=C1. The molecule has 0 aromatic heterocycles. The Balaban J connectivity index is 2.92. The van der Waals surface area contributed by atoms with E-state index in [2.05, 4.69) is 10.2 Å². The Morgan fingerprint density at radius 1 is 1.20 bits per heavy atom. The molecule has 0 saturated carbocycles. The average molecular weight is 130 g/mol. The zero-order chi connectivity index (χ0) is 6.81. The summed E-state index contributed by atoms with van der Waals surface area (Å²) in [5.74, 6) is 0. The van der Waals surface area contributed by atoms with Gasteiger partial charge in [-0.05, 0) is 6.07 Å². The molecule has 10 heavy (non-hydrogen) atoms. The van der Waals surface area contributed by atoms with Gasteiger partial charge in [-0.3, -0.25) is 0 Å². The van der Waals surface area contributed by atoms with Crippen LogP contribution in [0.4, 0.5) is 0 Å². The number of hydrogen-bond donors (Lipinski definition) is 0. The maximum Gasteiger partial charge on any atom is 0.278 e. The van der Waals surface area contributed by atoms with Crippen LogP contribution < -0.4 is 15.7 Å². The second-order valence-electron chi connectivity index (χ2n) is 2.09. The number of fused-ring (bicyclic) bond motifs is 1. The Kier molecular flexibility index (Phi) is 1.10. The minimum Gasteiger partial charge on any atom is -0.0615 e. The zero-order valence-corrected chi connectivity index (χ0v) is 5.36. The molecule has 0 N–H and O–H groups in total. The summed E-state index contributed by atoms with van der Waals surface area (Å²) in [6, 6.07) is 7.91. The van der Waals surface area contributed by atoms with Gasteiger partial charge in [0, 0.05) is 11.3 Å². The fourth-order valence-electron chi connectivity index (χ4n) is 0.929. The van der Waals surface area contributed by atoms with Crippen LogP contribution in [0.15, 0.2) is 29.4 Å². The van der Waals surface area contributed by atoms with Gasteiger partial charge in [-0.1, -0.05) is 18.2 Å². The van der Waals surface area contributed by atoms with Crippen molar-refractivity contribution in [3.63, 3.8) is 0 Å². The second-order valence-corrected chi connectivity index (χ2v) is 2.09. The van der Waals surface area contributed by atoms with Crippen molar-refractivity contribution in [2.75, 3.05) is 0 Å². The summed E-state index contributed by atoms with van der Waals surface area (Å²) < 4.78 is 0. The van der Waals surface area contributed by atoms with Crippen molar-refractivity contribution in [3.8, 4) is 0 Å². The Morgan fingerprint density at radius 2 is 2.10 bits per heavy atom. The van der Waals surface area contributed by atoms with Crippen LogP contribution in [0.2, 0.25) is 0 Å². The molecular formula is C8H6N2+. The third-order valence-electron chi connectivity index (χ3n) is 1.42. The standard InChI is InChI=1S/C8H6N2/c1-2-4-8-7(3-1)5-6-9-10-8/h1-6H/q+1. The molecule has 1 radical (unpaired) electrons. The average Bonchev–Trinajstić information content (AvgIpc) is 2.05. The minimum atomic E-state index is 0.949. The van der Waals surface area contributed by atoms with Gasteiger partial charge in [-0.2, -0.15) is 0 Å². The van der Waals surface area contributed by atoms with Crippen LogP contribution in [-0.4, -0.2) is 6.21 Å². The lowest BCUT2D eigenvalue weighted by Gasteiger charge is -1.81. The maximum absolute atomic E-state index is 3.93. The largest absolute Gasteiger partial charge is 0.278 e. The molecule has 1 aromatic carbocycles. The highest BCUT2D eigenvalue weighted by atomic mass is 15.2. The molecule has 0 bridgehead atoms. The van der Waals surface area contributed by atoms with Gasteiger partial charge in [0.2, 0.25) is 5.10 Å². The molecule has 2 nitrogen and oxygen atoms in total. The van der Waals surface area contributed by atoms with E-state index in [9.17, 15) is 0 Å². The molecule has 0 atom stereocenters. The molecule has 2 rings (SSSR count). The Labute approximate surface area is 58.2 Å². The van der Waals surface area contributed by atoms with Crippen LogP contribution in [0.25, 0.3) is 6.08 Å². The Hall–Kier alpha value is -1.44. The van der Waals surface area contributed by atoms with Crippen LogP contribution in [0.1, 0.15) is 0 Å². The van der Waals surface area contributed by atoms with Crippen molar-refractivity contribution in [1.29, 1.82) is 0 Å². The van der Waals surface area contributed by atoms with Gasteiger partial charge in [0.05, 0.1) is 5.10 Å². The third-order valence-corrected chi connectivity index (χ3v) is 1.42. The molecule has 0 fully saturated rings. The van der Waals surface area contributed by atoms with Gasteiger partial charge in [0.25, 0.3) is 6.21 Å². The van der Waals surface area contributed by atoms with Gasteiger partial charge in [0.1, 0.15) is 5.36 Å². The fourth-order valence-corrected chi connectivity index (χ4v) is 0.929. The molecule has 1 heterocycles. The summed E-state index contributed by atoms with van der Waals surface area (Å²) in [5, 5.41) is 9.78. The van der Waals surface area contributed by atoms with Crippen LogP contribution in [0, 0.1) is 0 Å². The molecule has 1 aliphatic rings. The summed E-state index contributed by atoms with van der Waals surface area (Å²) in [7, 11) is 0. The highest BCUT2D eigenvalue weighted by Crippen LogP contribution is 1.71. The zero-order valence-electron chi connectivity index (χ0n) is 5.36. The number of nitrogens with zero attached hydrogens (tertiary/aromatic N) is 2. The molecule has 2 heteroatoms. The number of rotatable bonds is 0. The lowest BCUT2D eigenvalue weighted by molar-refractivity contribution is 1.02. The molecule has 1 aliphatic heterocycles. The minimum absolute atomic E-state index is 0.949. The third kappa shape index (κ3) is 0.739. The quantitative estimate of drug-likeness (QED) is 0.449. The number of hydrogen-bond acceptors (Lipinski definition) is 2. The van der Waals surface area contributed by atoms with Crippen molar-refractivity contribution in [3.05, 3.63) is 34.8 Å². The van der Waals surface area contributed by atoms with Crippen LogP contribution in [-0.2, 0) is 0 Å². The predicted molar refractivity (Wildman–Crippen MR) is 39.9 cm³/mol. The maximum atomic E-state index is 3.93. The summed E-state index contributed by atoms with van der Waals surface area (Å²) in [5.41, 5.74) is 0. The topological polar surface area (TPSA) is 26.5 Å². The van der Waals surface area contributed by atoms with E-state index >= 15 is 0 Å². The molecule has 0 unspecified atom stereocenters. The molecule has 0 aliphatic carbocycles. The summed E-state index contributed by atoms with van der Waals surface area (Å²) in [6.07, 6.45) is 3.64. The summed E-state index contributed by atoms with van der Waals surface area (Å²) >= 11 is 0. The monoisotopic (exact) mass is 130 g/mol. The van der Waals surface area contributed by atoms with E-state index in [1.807, 2.05) is 30.3 Å². The molecular weight excluding hydrogens is 124 g/mol. The highest BCUT2D eigenvalue weighted by Gasteiger charge is 1.94. The fraction of sp³-hybridized carbons (Fsp3) is 0. The van der Waals surface area contributed by atoms with E-state index < -0.39 is 0 Å². The van der Waals surface area contributed by atoms with Crippen LogP contribution >= 0.6 is 0 Å². The van der Waals surface area contributed by atoms with E-state index in [0.29, 0.717) is 0 Å². The van der Waals surface area contributed by atoms with E-state index in [1.54, 1.807) is 6.21 Å². The molecule has 1 aromatic rings. The summed E-state index contributed by atoms with van der Waals surface area (Å²) in [6.45, 7) is 0. The van der Waals surface area contributed by atoms with E-state index in [4.69, 9.17) is 0 Å². The Morgan fingerprint density at radius 3 is 3.00 bits per heavy atom. The van der Waals surface area contributed by atoms with Gasteiger partial charge in [-0.25, -0.2) is 0 Å². The van der Waals surface area contributed by atoms with Crippen LogP contribution in [0.3, 0.4) is 0 Å². The normalized spacial score (nSPS) is 13.2. The predicted octanol–water partition coefficient (Wildman–Crippen LogP) is -0.578. The van der Waals surface area contributed by atoms with Crippen molar-refractivity contribution in [2.24, 2.45) is 5.10 Å². The molecule has 0 saturated heterocycles. The van der Waals surface area contributed by atoms with Gasteiger partial charge >= 0.3 is 0 Å². The first-order valence-electron chi connectivity index (χ1n) is 3.13. The lowest BCUT2D eigenvalue weighted by atomic mass is 10.2. The summed E-state index contributed by atoms with van der Waals surface area (Å²) in [4.78, 5) is 0. The Bertz CT molecular complexity index is 339. The van der Waals surface area contributed by atoms with Crippen LogP contribution in [0.5, 0.6) is 0 Å². The highest BCUT2D eigenvalue weighted by molar-refractivity contribution is 5.90. The first kappa shape index (κ1) is 5.35.